The van der Waals surface area contributed by atoms with Gasteiger partial charge in [0.1, 0.15) is 11.4 Å². The van der Waals surface area contributed by atoms with Crippen LogP contribution in [0.2, 0.25) is 0 Å². The molecule has 1 aromatic heterocycles. The number of ether oxygens (including phenoxy) is 1. The van der Waals surface area contributed by atoms with Crippen molar-refractivity contribution >= 4 is 11.6 Å². The van der Waals surface area contributed by atoms with Crippen LogP contribution in [-0.2, 0) is 12.8 Å². The lowest BCUT2D eigenvalue weighted by Gasteiger charge is -2.19. The molecule has 0 unspecified atom stereocenters. The molecule has 0 spiro atoms. The Morgan fingerprint density at radius 2 is 1.92 bits per heavy atom. The van der Waals surface area contributed by atoms with E-state index in [1.165, 1.54) is 24.0 Å². The van der Waals surface area contributed by atoms with Crippen LogP contribution < -0.4 is 10.1 Å². The van der Waals surface area contributed by atoms with Crippen LogP contribution in [-0.4, -0.2) is 23.2 Å². The molecule has 1 aliphatic carbocycles. The largest absolute Gasteiger partial charge is 0.497 e. The summed E-state index contributed by atoms with van der Waals surface area (Å²) >= 11 is 0. The molecule has 1 heterocycles. The van der Waals surface area contributed by atoms with Crippen LogP contribution in [0.1, 0.15) is 34.5 Å². The fourth-order valence-electron chi connectivity index (χ4n) is 3.44. The molecule has 4 rings (SSSR count). The smallest absolute Gasteiger partial charge is 0.273 e. The number of aromatic amines is 1. The number of carbonyl (C=O) groups excluding carboxylic acids is 1. The third-order valence-corrected chi connectivity index (χ3v) is 4.85. The number of aryl methyl sites for hydroxylation is 1. The van der Waals surface area contributed by atoms with E-state index < -0.39 is 0 Å². The molecule has 5 nitrogen and oxygen atoms in total. The van der Waals surface area contributed by atoms with Gasteiger partial charge in [0, 0.05) is 11.3 Å². The molecular formula is C21H21N3O2. The van der Waals surface area contributed by atoms with E-state index in [0.29, 0.717) is 5.69 Å². The zero-order chi connectivity index (χ0) is 17.9. The third-order valence-electron chi connectivity index (χ3n) is 4.85. The van der Waals surface area contributed by atoms with Crippen LogP contribution in [0.25, 0.3) is 11.3 Å². The Morgan fingerprint density at radius 3 is 2.73 bits per heavy atom. The van der Waals surface area contributed by atoms with Gasteiger partial charge in [-0.15, -0.1) is 0 Å². The lowest BCUT2D eigenvalue weighted by atomic mass is 9.90. The Bertz CT molecular complexity index is 929. The van der Waals surface area contributed by atoms with Gasteiger partial charge in [0.15, 0.2) is 0 Å². The van der Waals surface area contributed by atoms with Crippen LogP contribution in [0.4, 0.5) is 5.69 Å². The molecule has 2 aromatic carbocycles. The van der Waals surface area contributed by atoms with Gasteiger partial charge in [-0.3, -0.25) is 9.89 Å². The number of anilines is 1. The molecule has 1 amide bonds. The summed E-state index contributed by atoms with van der Waals surface area (Å²) in [4.78, 5) is 12.6. The maximum Gasteiger partial charge on any atom is 0.273 e. The first-order valence-electron chi connectivity index (χ1n) is 8.86. The second kappa shape index (κ2) is 7.04. The normalized spacial score (nSPS) is 13.1. The third kappa shape index (κ3) is 3.20. The lowest BCUT2D eigenvalue weighted by Crippen LogP contribution is -2.15. The fraction of sp³-hybridized carbons (Fsp3) is 0.238. The molecule has 0 saturated heterocycles. The number of nitrogens with one attached hydrogen (secondary N) is 2. The average Bonchev–Trinajstić information content (AvgIpc) is 3.19. The summed E-state index contributed by atoms with van der Waals surface area (Å²) in [6.07, 6.45) is 4.50. The number of nitrogens with zero attached hydrogens (tertiary/aromatic N) is 1. The molecule has 1 aliphatic rings. The van der Waals surface area contributed by atoms with Crippen molar-refractivity contribution in [2.24, 2.45) is 0 Å². The molecule has 2 N–H and O–H groups in total. The number of methoxy groups -OCH3 is 1. The quantitative estimate of drug-likeness (QED) is 0.743. The van der Waals surface area contributed by atoms with Gasteiger partial charge in [-0.05, 0) is 73.2 Å². The number of fused-ring (bicyclic) bond motifs is 1. The standard InChI is InChI=1S/C21H21N3O2/c1-26-16-11-9-15(10-12-16)19-13-20(24-23-19)21(25)22-18-8-4-6-14-5-2-3-7-17(14)18/h4,6,8-13H,2-3,5,7H2,1H3,(H,22,25)(H,23,24). The van der Waals surface area contributed by atoms with Crippen molar-refractivity contribution in [2.75, 3.05) is 12.4 Å². The van der Waals surface area contributed by atoms with Crippen molar-refractivity contribution in [3.05, 3.63) is 65.4 Å². The van der Waals surface area contributed by atoms with Crippen molar-refractivity contribution in [3.63, 3.8) is 0 Å². The molecule has 0 fully saturated rings. The summed E-state index contributed by atoms with van der Waals surface area (Å²) in [6.45, 7) is 0. The van der Waals surface area contributed by atoms with Crippen molar-refractivity contribution in [3.8, 4) is 17.0 Å². The zero-order valence-electron chi connectivity index (χ0n) is 14.7. The first-order valence-corrected chi connectivity index (χ1v) is 8.86. The minimum atomic E-state index is -0.170. The summed E-state index contributed by atoms with van der Waals surface area (Å²) in [5, 5.41) is 10.1. The van der Waals surface area contributed by atoms with E-state index in [2.05, 4.69) is 21.6 Å². The molecule has 5 heteroatoms. The van der Waals surface area contributed by atoms with Gasteiger partial charge >= 0.3 is 0 Å². The monoisotopic (exact) mass is 347 g/mol. The van der Waals surface area contributed by atoms with Gasteiger partial charge < -0.3 is 10.1 Å². The first-order chi connectivity index (χ1) is 12.7. The highest BCUT2D eigenvalue weighted by Gasteiger charge is 2.16. The fourth-order valence-corrected chi connectivity index (χ4v) is 3.44. The number of H-pyrrole nitrogens is 1. The molecule has 0 aliphatic heterocycles. The van der Waals surface area contributed by atoms with Crippen molar-refractivity contribution < 1.29 is 9.53 Å². The van der Waals surface area contributed by atoms with Crippen LogP contribution in [0, 0.1) is 0 Å². The number of rotatable bonds is 4. The number of aromatic nitrogens is 2. The maximum atomic E-state index is 12.6. The maximum absolute atomic E-state index is 12.6. The van der Waals surface area contributed by atoms with Gasteiger partial charge in [-0.2, -0.15) is 5.10 Å². The summed E-state index contributed by atoms with van der Waals surface area (Å²) in [6, 6.07) is 15.5. The predicted molar refractivity (Wildman–Crippen MR) is 102 cm³/mol. The molecule has 3 aromatic rings. The minimum Gasteiger partial charge on any atom is -0.497 e. The van der Waals surface area contributed by atoms with Gasteiger partial charge in [0.2, 0.25) is 0 Å². The Hall–Kier alpha value is -3.08. The van der Waals surface area contributed by atoms with E-state index in [1.807, 2.05) is 36.4 Å². The first kappa shape index (κ1) is 16.4. The predicted octanol–water partition coefficient (Wildman–Crippen LogP) is 4.22. The topological polar surface area (TPSA) is 67.0 Å². The van der Waals surface area contributed by atoms with E-state index in [9.17, 15) is 4.79 Å². The Balaban J connectivity index is 1.53. The summed E-state index contributed by atoms with van der Waals surface area (Å²) in [5.74, 6) is 0.618. The molecule has 26 heavy (non-hydrogen) atoms. The second-order valence-corrected chi connectivity index (χ2v) is 6.50. The van der Waals surface area contributed by atoms with Crippen LogP contribution >= 0.6 is 0 Å². The molecule has 0 atom stereocenters. The van der Waals surface area contributed by atoms with E-state index in [4.69, 9.17) is 4.74 Å². The number of hydrogen-bond donors (Lipinski definition) is 2. The lowest BCUT2D eigenvalue weighted by molar-refractivity contribution is 0.102. The molecule has 0 saturated carbocycles. The summed E-state index contributed by atoms with van der Waals surface area (Å²) < 4.78 is 5.17. The van der Waals surface area contributed by atoms with Crippen LogP contribution in [0.15, 0.2) is 48.5 Å². The minimum absolute atomic E-state index is 0.170. The van der Waals surface area contributed by atoms with E-state index in [1.54, 1.807) is 13.2 Å². The molecule has 0 bridgehead atoms. The van der Waals surface area contributed by atoms with Crippen molar-refractivity contribution in [1.29, 1.82) is 0 Å². The van der Waals surface area contributed by atoms with Gasteiger partial charge in [0.05, 0.1) is 12.8 Å². The summed E-state index contributed by atoms with van der Waals surface area (Å²) in [5.41, 5.74) is 5.63. The Labute approximate surface area is 152 Å². The van der Waals surface area contributed by atoms with Crippen LogP contribution in [0.5, 0.6) is 5.75 Å². The molecular weight excluding hydrogens is 326 g/mol. The number of benzene rings is 2. The Morgan fingerprint density at radius 1 is 1.12 bits per heavy atom. The van der Waals surface area contributed by atoms with Crippen molar-refractivity contribution in [2.45, 2.75) is 25.7 Å². The van der Waals surface area contributed by atoms with Gasteiger partial charge in [0.25, 0.3) is 5.91 Å². The highest BCUT2D eigenvalue weighted by atomic mass is 16.5. The highest BCUT2D eigenvalue weighted by Crippen LogP contribution is 2.28. The van der Waals surface area contributed by atoms with Gasteiger partial charge in [-0.25, -0.2) is 0 Å². The SMILES string of the molecule is COc1ccc(-c2cc(C(=O)Nc3cccc4c3CCCC4)[nH]n2)cc1. The van der Waals surface area contributed by atoms with Crippen molar-refractivity contribution in [1.82, 2.24) is 10.2 Å². The van der Waals surface area contributed by atoms with Gasteiger partial charge in [-0.1, -0.05) is 12.1 Å². The van der Waals surface area contributed by atoms with E-state index >= 15 is 0 Å². The molecule has 132 valence electrons. The Kier molecular flexibility index (Phi) is 4.44. The average molecular weight is 347 g/mol. The van der Waals surface area contributed by atoms with E-state index in [-0.39, 0.29) is 5.91 Å². The second-order valence-electron chi connectivity index (χ2n) is 6.50. The number of amides is 1. The highest BCUT2D eigenvalue weighted by molar-refractivity contribution is 6.04. The number of carbonyl (C=O) groups is 1. The summed E-state index contributed by atoms with van der Waals surface area (Å²) in [7, 11) is 1.63. The number of hydrogen-bond acceptors (Lipinski definition) is 3. The molecule has 0 radical (unpaired) electrons. The van der Waals surface area contributed by atoms with Crippen LogP contribution in [0.3, 0.4) is 0 Å². The van der Waals surface area contributed by atoms with E-state index in [0.717, 1.165) is 35.5 Å². The zero-order valence-corrected chi connectivity index (χ0v) is 14.7.